The van der Waals surface area contributed by atoms with Crippen molar-refractivity contribution in [3.05, 3.63) is 29.2 Å². The summed E-state index contributed by atoms with van der Waals surface area (Å²) in [4.78, 5) is 26.8. The molecule has 2 rings (SSSR count). The first kappa shape index (κ1) is 19.2. The number of hydrogen-bond acceptors (Lipinski definition) is 5. The molecule has 2 heterocycles. The van der Waals surface area contributed by atoms with Gasteiger partial charge in [-0.15, -0.1) is 0 Å². The molecule has 0 aromatic carbocycles. The van der Waals surface area contributed by atoms with Crippen LogP contribution in [0.4, 0.5) is 0 Å². The van der Waals surface area contributed by atoms with E-state index >= 15 is 0 Å². The van der Waals surface area contributed by atoms with Crippen LogP contribution in [0.1, 0.15) is 49.9 Å². The maximum absolute atomic E-state index is 12.3. The molecule has 0 saturated carbocycles. The fraction of sp³-hybridized carbons (Fsp3) is 0.611. The van der Waals surface area contributed by atoms with E-state index < -0.39 is 0 Å². The van der Waals surface area contributed by atoms with Gasteiger partial charge in [-0.2, -0.15) is 0 Å². The summed E-state index contributed by atoms with van der Waals surface area (Å²) in [6.45, 7) is 9.83. The predicted octanol–water partition coefficient (Wildman–Crippen LogP) is 1.65. The van der Waals surface area contributed by atoms with E-state index in [0.29, 0.717) is 25.3 Å². The van der Waals surface area contributed by atoms with E-state index in [4.69, 9.17) is 4.52 Å². The molecule has 1 saturated heterocycles. The summed E-state index contributed by atoms with van der Waals surface area (Å²) < 4.78 is 4.95. The van der Waals surface area contributed by atoms with Gasteiger partial charge in [0.1, 0.15) is 5.76 Å². The molecule has 2 N–H and O–H groups in total. The number of likely N-dealkylation sites (tertiary alicyclic amines) is 1. The highest BCUT2D eigenvalue weighted by Gasteiger charge is 2.37. The van der Waals surface area contributed by atoms with Crippen LogP contribution in [-0.2, 0) is 4.79 Å². The topological polar surface area (TPSA) is 87.5 Å². The molecule has 2 atom stereocenters. The van der Waals surface area contributed by atoms with Crippen LogP contribution in [0.25, 0.3) is 0 Å². The molecule has 1 fully saturated rings. The van der Waals surface area contributed by atoms with Crippen molar-refractivity contribution in [2.24, 2.45) is 0 Å². The number of nitrogens with zero attached hydrogens (tertiary/aromatic N) is 2. The Morgan fingerprint density at radius 3 is 2.80 bits per heavy atom. The second kappa shape index (κ2) is 8.80. The largest absolute Gasteiger partial charge is 0.361 e. The molecule has 0 aliphatic carbocycles. The van der Waals surface area contributed by atoms with Crippen molar-refractivity contribution < 1.29 is 14.1 Å². The van der Waals surface area contributed by atoms with Crippen molar-refractivity contribution in [3.8, 4) is 0 Å². The molecule has 2 amide bonds. The first-order valence-electron chi connectivity index (χ1n) is 8.80. The van der Waals surface area contributed by atoms with Crippen molar-refractivity contribution in [1.82, 2.24) is 20.7 Å². The summed E-state index contributed by atoms with van der Waals surface area (Å²) in [5.41, 5.74) is 1.54. The number of amides is 2. The summed E-state index contributed by atoms with van der Waals surface area (Å²) in [5.74, 6) is 0.358. The fourth-order valence-electron chi connectivity index (χ4n) is 3.07. The predicted molar refractivity (Wildman–Crippen MR) is 95.2 cm³/mol. The Kier molecular flexibility index (Phi) is 6.75. The molecule has 7 nitrogen and oxygen atoms in total. The van der Waals surface area contributed by atoms with Gasteiger partial charge in [-0.05, 0) is 40.5 Å². The summed E-state index contributed by atoms with van der Waals surface area (Å²) in [7, 11) is 0. The number of carbonyl (C=O) groups excluding carboxylic acids is 2. The first-order chi connectivity index (χ1) is 11.9. The third kappa shape index (κ3) is 5.42. The molecule has 0 radical (unpaired) electrons. The van der Waals surface area contributed by atoms with Gasteiger partial charge >= 0.3 is 0 Å². The lowest BCUT2D eigenvalue weighted by Crippen LogP contribution is -2.43. The normalized spacial score (nSPS) is 20.3. The summed E-state index contributed by atoms with van der Waals surface area (Å²) in [6.07, 6.45) is 3.66. The first-order valence-corrected chi connectivity index (χ1v) is 8.80. The molecule has 0 unspecified atom stereocenters. The maximum Gasteiger partial charge on any atom is 0.273 e. The average Bonchev–Trinajstić information content (AvgIpc) is 3.14. The summed E-state index contributed by atoms with van der Waals surface area (Å²) in [6, 6.07) is 1.32. The van der Waals surface area contributed by atoms with Gasteiger partial charge < -0.3 is 15.2 Å². The lowest BCUT2D eigenvalue weighted by molar-refractivity contribution is -0.125. The summed E-state index contributed by atoms with van der Waals surface area (Å²) >= 11 is 0. The smallest absolute Gasteiger partial charge is 0.273 e. The van der Waals surface area contributed by atoms with Crippen molar-refractivity contribution in [2.75, 3.05) is 19.6 Å². The number of aryl methyl sites for hydroxylation is 1. The van der Waals surface area contributed by atoms with Crippen molar-refractivity contribution in [2.45, 2.75) is 52.6 Å². The highest BCUT2D eigenvalue weighted by Crippen LogP contribution is 2.19. The van der Waals surface area contributed by atoms with Crippen LogP contribution in [-0.4, -0.2) is 53.6 Å². The van der Waals surface area contributed by atoms with Crippen molar-refractivity contribution in [3.63, 3.8) is 0 Å². The van der Waals surface area contributed by atoms with Gasteiger partial charge in [0.05, 0.1) is 6.04 Å². The number of aromatic nitrogens is 1. The van der Waals surface area contributed by atoms with Gasteiger partial charge in [0.15, 0.2) is 5.69 Å². The Morgan fingerprint density at radius 1 is 1.44 bits per heavy atom. The zero-order valence-corrected chi connectivity index (χ0v) is 15.5. The zero-order chi connectivity index (χ0) is 18.4. The second-order valence-electron chi connectivity index (χ2n) is 6.70. The Morgan fingerprint density at radius 2 is 2.20 bits per heavy atom. The molecule has 138 valence electrons. The standard InChI is InChI=1S/C18H28N4O3/c1-5-19-18(24)16-10-14(11-22(16)8-6-7-12(2)3)20-17(23)15-9-13(4)25-21-15/h7,9,14,16H,5-6,8,10-11H2,1-4H3,(H,19,24)(H,20,23)/t14-,16-/m0/s1. The Bertz CT molecular complexity index is 634. The molecule has 1 aromatic heterocycles. The minimum atomic E-state index is -0.261. The Hall–Kier alpha value is -2.15. The molecule has 1 aliphatic heterocycles. The molecule has 1 aliphatic rings. The third-order valence-electron chi connectivity index (χ3n) is 4.22. The molecular formula is C18H28N4O3. The number of nitrogens with one attached hydrogen (secondary N) is 2. The van der Waals surface area contributed by atoms with Crippen LogP contribution >= 0.6 is 0 Å². The SMILES string of the molecule is CCNC(=O)[C@@H]1C[C@H](NC(=O)c2cc(C)on2)CN1CCC=C(C)C. The van der Waals surface area contributed by atoms with E-state index in [9.17, 15) is 9.59 Å². The molecule has 1 aromatic rings. The fourth-order valence-corrected chi connectivity index (χ4v) is 3.07. The molecule has 25 heavy (non-hydrogen) atoms. The van der Waals surface area contributed by atoms with E-state index in [-0.39, 0.29) is 29.6 Å². The van der Waals surface area contributed by atoms with Crippen LogP contribution in [0.15, 0.2) is 22.2 Å². The van der Waals surface area contributed by atoms with E-state index in [0.717, 1.165) is 13.0 Å². The minimum absolute atomic E-state index is 0.0220. The Labute approximate surface area is 148 Å². The lowest BCUT2D eigenvalue weighted by Gasteiger charge is -2.22. The number of hydrogen-bond donors (Lipinski definition) is 2. The highest BCUT2D eigenvalue weighted by molar-refractivity contribution is 5.92. The highest BCUT2D eigenvalue weighted by atomic mass is 16.5. The van der Waals surface area contributed by atoms with Gasteiger partial charge in [-0.1, -0.05) is 16.8 Å². The second-order valence-corrected chi connectivity index (χ2v) is 6.70. The molecule has 7 heteroatoms. The monoisotopic (exact) mass is 348 g/mol. The van der Waals surface area contributed by atoms with E-state index in [1.807, 2.05) is 6.92 Å². The van der Waals surface area contributed by atoms with Gasteiger partial charge in [-0.25, -0.2) is 0 Å². The number of rotatable bonds is 7. The van der Waals surface area contributed by atoms with Gasteiger partial charge in [0, 0.05) is 31.7 Å². The Balaban J connectivity index is 1.99. The van der Waals surface area contributed by atoms with Gasteiger partial charge in [-0.3, -0.25) is 14.5 Å². The molecular weight excluding hydrogens is 320 g/mol. The maximum atomic E-state index is 12.3. The average molecular weight is 348 g/mol. The minimum Gasteiger partial charge on any atom is -0.361 e. The van der Waals surface area contributed by atoms with Crippen LogP contribution in [0, 0.1) is 6.92 Å². The van der Waals surface area contributed by atoms with Crippen molar-refractivity contribution in [1.29, 1.82) is 0 Å². The van der Waals surface area contributed by atoms with Gasteiger partial charge in [0.25, 0.3) is 5.91 Å². The third-order valence-corrected chi connectivity index (χ3v) is 4.22. The van der Waals surface area contributed by atoms with Crippen molar-refractivity contribution >= 4 is 11.8 Å². The van der Waals surface area contributed by atoms with Crippen LogP contribution in [0.5, 0.6) is 0 Å². The number of likely N-dealkylation sites (N-methyl/N-ethyl adjacent to an activating group) is 1. The molecule has 0 bridgehead atoms. The van der Waals surface area contributed by atoms with Crippen LogP contribution < -0.4 is 10.6 Å². The quantitative estimate of drug-likeness (QED) is 0.732. The van der Waals surface area contributed by atoms with Gasteiger partial charge in [0.2, 0.25) is 5.91 Å². The van der Waals surface area contributed by atoms with E-state index in [1.54, 1.807) is 13.0 Å². The zero-order valence-electron chi connectivity index (χ0n) is 15.5. The van der Waals surface area contributed by atoms with E-state index in [2.05, 4.69) is 40.6 Å². The summed E-state index contributed by atoms with van der Waals surface area (Å²) in [5, 5.41) is 9.60. The number of carbonyl (C=O) groups is 2. The lowest BCUT2D eigenvalue weighted by atomic mass is 10.1. The number of allylic oxidation sites excluding steroid dienone is 1. The molecule has 0 spiro atoms. The van der Waals surface area contributed by atoms with E-state index in [1.165, 1.54) is 5.57 Å². The van der Waals surface area contributed by atoms with Crippen LogP contribution in [0.3, 0.4) is 0 Å². The van der Waals surface area contributed by atoms with Crippen LogP contribution in [0.2, 0.25) is 0 Å².